The van der Waals surface area contributed by atoms with E-state index in [9.17, 15) is 14.7 Å². The zero-order chi connectivity index (χ0) is 29.6. The van der Waals surface area contributed by atoms with Gasteiger partial charge in [-0.25, -0.2) is 0 Å². The third-order valence-electron chi connectivity index (χ3n) is 7.46. The van der Waals surface area contributed by atoms with Gasteiger partial charge in [0.1, 0.15) is 11.5 Å². The number of rotatable bonds is 5. The number of hydrogen-bond acceptors (Lipinski definition) is 5. The fraction of sp³-hybridized carbons (Fsp3) is 0.353. The second kappa shape index (κ2) is 10.5. The number of ketones is 1. The highest BCUT2D eigenvalue weighted by molar-refractivity contribution is 6.51. The second-order valence-electron chi connectivity index (χ2n) is 12.6. The van der Waals surface area contributed by atoms with Crippen molar-refractivity contribution in [1.82, 2.24) is 0 Å². The van der Waals surface area contributed by atoms with Crippen molar-refractivity contribution in [3.8, 4) is 5.75 Å². The summed E-state index contributed by atoms with van der Waals surface area (Å²) in [4.78, 5) is 30.7. The first-order valence-electron chi connectivity index (χ1n) is 13.5. The van der Waals surface area contributed by atoms with Gasteiger partial charge in [-0.1, -0.05) is 65.8 Å². The molecule has 0 aliphatic carbocycles. The van der Waals surface area contributed by atoms with Crippen LogP contribution in [0.3, 0.4) is 0 Å². The maximum absolute atomic E-state index is 13.7. The molecule has 1 saturated heterocycles. The second-order valence-corrected chi connectivity index (χ2v) is 12.6. The van der Waals surface area contributed by atoms with Crippen molar-refractivity contribution in [3.63, 3.8) is 0 Å². The Morgan fingerprint density at radius 1 is 0.850 bits per heavy atom. The minimum atomic E-state index is -0.792. The van der Waals surface area contributed by atoms with E-state index in [1.807, 2.05) is 73.6 Å². The maximum Gasteiger partial charge on any atom is 0.300 e. The van der Waals surface area contributed by atoms with Gasteiger partial charge in [-0.05, 0) is 64.4 Å². The number of aliphatic hydroxyl groups excluding tert-OH is 1. The van der Waals surface area contributed by atoms with E-state index in [1.54, 1.807) is 19.2 Å². The van der Waals surface area contributed by atoms with Crippen LogP contribution in [0.25, 0.3) is 5.76 Å². The molecule has 40 heavy (non-hydrogen) atoms. The zero-order valence-electron chi connectivity index (χ0n) is 25.0. The van der Waals surface area contributed by atoms with Crippen molar-refractivity contribution in [2.75, 3.05) is 31.0 Å². The lowest BCUT2D eigenvalue weighted by atomic mass is 9.84. The summed E-state index contributed by atoms with van der Waals surface area (Å²) in [7, 11) is 5.50. The Kier molecular flexibility index (Phi) is 7.59. The van der Waals surface area contributed by atoms with Crippen molar-refractivity contribution in [3.05, 3.63) is 94.6 Å². The fourth-order valence-corrected chi connectivity index (χ4v) is 5.09. The summed E-state index contributed by atoms with van der Waals surface area (Å²) in [6.45, 7) is 12.6. The molecule has 6 nitrogen and oxygen atoms in total. The van der Waals surface area contributed by atoms with Crippen LogP contribution in [-0.2, 0) is 20.4 Å². The summed E-state index contributed by atoms with van der Waals surface area (Å²) in [5, 5.41) is 11.7. The Labute approximate surface area is 237 Å². The van der Waals surface area contributed by atoms with E-state index in [0.717, 1.165) is 22.4 Å². The molecular formula is C34H40N2O4. The van der Waals surface area contributed by atoms with E-state index in [0.29, 0.717) is 17.0 Å². The highest BCUT2D eigenvalue weighted by atomic mass is 16.5. The Hall–Kier alpha value is -4.06. The lowest BCUT2D eigenvalue weighted by Crippen LogP contribution is -2.29. The molecule has 3 aromatic rings. The quantitative estimate of drug-likeness (QED) is 0.215. The molecular weight excluding hydrogens is 500 g/mol. The Balaban J connectivity index is 1.94. The summed E-state index contributed by atoms with van der Waals surface area (Å²) in [6.07, 6.45) is 0. The smallest absolute Gasteiger partial charge is 0.300 e. The Bertz CT molecular complexity index is 1450. The summed E-state index contributed by atoms with van der Waals surface area (Å²) in [6, 6.07) is 20.0. The first-order valence-corrected chi connectivity index (χ1v) is 13.5. The summed E-state index contributed by atoms with van der Waals surface area (Å²) < 4.78 is 5.57. The third-order valence-corrected chi connectivity index (χ3v) is 7.46. The van der Waals surface area contributed by atoms with Crippen LogP contribution in [0.2, 0.25) is 0 Å². The van der Waals surface area contributed by atoms with Crippen LogP contribution in [0.1, 0.15) is 69.8 Å². The zero-order valence-corrected chi connectivity index (χ0v) is 25.0. The number of carbonyl (C=O) groups excluding carboxylic acids is 2. The third kappa shape index (κ3) is 5.35. The molecule has 4 rings (SSSR count). The Morgan fingerprint density at radius 2 is 1.45 bits per heavy atom. The topological polar surface area (TPSA) is 70.1 Å². The molecule has 0 spiro atoms. The molecule has 1 aliphatic heterocycles. The van der Waals surface area contributed by atoms with Crippen molar-refractivity contribution >= 4 is 28.8 Å². The number of methoxy groups -OCH3 is 1. The minimum absolute atomic E-state index is 0.0607. The molecule has 6 heteroatoms. The molecule has 1 fully saturated rings. The lowest BCUT2D eigenvalue weighted by molar-refractivity contribution is -0.132. The van der Waals surface area contributed by atoms with Gasteiger partial charge in [-0.2, -0.15) is 0 Å². The van der Waals surface area contributed by atoms with E-state index in [2.05, 4.69) is 41.5 Å². The molecule has 1 atom stereocenters. The van der Waals surface area contributed by atoms with Crippen molar-refractivity contribution < 1.29 is 19.4 Å². The van der Waals surface area contributed by atoms with Gasteiger partial charge in [0.2, 0.25) is 0 Å². The van der Waals surface area contributed by atoms with Gasteiger partial charge in [0.05, 0.1) is 18.7 Å². The molecule has 1 amide bonds. The van der Waals surface area contributed by atoms with Crippen molar-refractivity contribution in [2.24, 2.45) is 0 Å². The van der Waals surface area contributed by atoms with Crippen molar-refractivity contribution in [2.45, 2.75) is 58.4 Å². The number of aliphatic hydroxyl groups is 1. The molecule has 1 aliphatic rings. The minimum Gasteiger partial charge on any atom is -0.507 e. The van der Waals surface area contributed by atoms with Crippen LogP contribution in [0, 0.1) is 0 Å². The first-order chi connectivity index (χ1) is 18.6. The highest BCUT2D eigenvalue weighted by Gasteiger charge is 2.47. The molecule has 0 aromatic heterocycles. The number of ether oxygens (including phenoxy) is 1. The molecule has 1 unspecified atom stereocenters. The van der Waals surface area contributed by atoms with Gasteiger partial charge in [0.15, 0.2) is 0 Å². The molecule has 3 aromatic carbocycles. The number of anilines is 2. The molecule has 0 radical (unpaired) electrons. The van der Waals surface area contributed by atoms with Gasteiger partial charge >= 0.3 is 0 Å². The average Bonchev–Trinajstić information content (AvgIpc) is 3.17. The highest BCUT2D eigenvalue weighted by Crippen LogP contribution is 2.44. The van der Waals surface area contributed by atoms with Gasteiger partial charge < -0.3 is 14.7 Å². The normalized spacial score (nSPS) is 17.3. The van der Waals surface area contributed by atoms with Crippen LogP contribution < -0.4 is 14.5 Å². The molecule has 1 N–H and O–H groups in total. The maximum atomic E-state index is 13.7. The predicted octanol–water partition coefficient (Wildman–Crippen LogP) is 6.98. The number of amides is 1. The molecule has 0 saturated carbocycles. The van der Waals surface area contributed by atoms with E-state index in [-0.39, 0.29) is 22.2 Å². The molecule has 1 heterocycles. The van der Waals surface area contributed by atoms with Gasteiger partial charge in [0.25, 0.3) is 11.7 Å². The summed E-state index contributed by atoms with van der Waals surface area (Å²) in [5.74, 6) is -0.899. The van der Waals surface area contributed by atoms with E-state index >= 15 is 0 Å². The Morgan fingerprint density at radius 3 is 1.95 bits per heavy atom. The van der Waals surface area contributed by atoms with Crippen LogP contribution in [-0.4, -0.2) is 38.0 Å². The number of hydrogen-bond donors (Lipinski definition) is 1. The monoisotopic (exact) mass is 540 g/mol. The van der Waals surface area contributed by atoms with Crippen LogP contribution in [0.4, 0.5) is 11.4 Å². The van der Waals surface area contributed by atoms with E-state index in [4.69, 9.17) is 4.74 Å². The number of nitrogens with zero attached hydrogens (tertiary/aromatic N) is 2. The number of carbonyl (C=O) groups is 2. The first kappa shape index (κ1) is 28.9. The van der Waals surface area contributed by atoms with E-state index < -0.39 is 17.7 Å². The van der Waals surface area contributed by atoms with Crippen LogP contribution in [0.5, 0.6) is 5.75 Å². The van der Waals surface area contributed by atoms with Crippen LogP contribution in [0.15, 0.2) is 72.3 Å². The van der Waals surface area contributed by atoms with Crippen LogP contribution >= 0.6 is 0 Å². The average molecular weight is 541 g/mol. The summed E-state index contributed by atoms with van der Waals surface area (Å²) >= 11 is 0. The van der Waals surface area contributed by atoms with E-state index in [1.165, 1.54) is 4.90 Å². The molecule has 210 valence electrons. The SMILES string of the molecule is COc1ccc(/C(O)=C2/C(=O)C(=O)N(c3ccc(N(C)C)cc3)C2c2ccc(C(C)(C)C)cc2)cc1C(C)(C)C. The molecule has 0 bridgehead atoms. The van der Waals surface area contributed by atoms with Gasteiger partial charge in [-0.15, -0.1) is 0 Å². The lowest BCUT2D eigenvalue weighted by Gasteiger charge is -2.27. The number of benzene rings is 3. The fourth-order valence-electron chi connectivity index (χ4n) is 5.09. The van der Waals surface area contributed by atoms with Gasteiger partial charge in [0, 0.05) is 36.6 Å². The predicted molar refractivity (Wildman–Crippen MR) is 162 cm³/mol. The van der Waals surface area contributed by atoms with Crippen molar-refractivity contribution in [1.29, 1.82) is 0 Å². The number of Topliss-reactive ketones (excluding diaryl/α,β-unsaturated/α-hetero) is 1. The standard InChI is InChI=1S/C34H40N2O4/c1-33(2,3)23-13-10-21(11-14-23)29-28(30(37)22-12-19-27(40-9)26(20-22)34(4,5)6)31(38)32(39)36(29)25-17-15-24(16-18-25)35(7)8/h10-20,29,37H,1-9H3/b30-28-. The van der Waals surface area contributed by atoms with Gasteiger partial charge in [-0.3, -0.25) is 14.5 Å². The summed E-state index contributed by atoms with van der Waals surface area (Å²) in [5.41, 5.74) is 4.51. The largest absolute Gasteiger partial charge is 0.507 e.